The van der Waals surface area contributed by atoms with Gasteiger partial charge < -0.3 is 9.32 Å². The Morgan fingerprint density at radius 2 is 1.83 bits per heavy atom. The second-order valence-corrected chi connectivity index (χ2v) is 10.2. The van der Waals surface area contributed by atoms with Gasteiger partial charge in [-0.05, 0) is 25.0 Å². The number of aryl methyl sites for hydroxylation is 1. The largest absolute Gasteiger partial charge is 0.441 e. The van der Waals surface area contributed by atoms with Gasteiger partial charge in [0.25, 0.3) is 0 Å². The molecule has 7 nitrogen and oxygen atoms in total. The Labute approximate surface area is 175 Å². The molecule has 0 bridgehead atoms. The number of likely N-dealkylation sites (tertiary alicyclic amines) is 1. The summed E-state index contributed by atoms with van der Waals surface area (Å²) in [7, 11) is -2.87. The van der Waals surface area contributed by atoms with Crippen LogP contribution in [-0.2, 0) is 21.1 Å². The van der Waals surface area contributed by atoms with Crippen molar-refractivity contribution < 1.29 is 22.0 Å². The molecule has 0 saturated carbocycles. The SMILES string of the molecule is O=C(CCc1ncc(-c2ccccc2F)o1)N1CCC(N2CCS(=O)(=O)CC2)CC1. The Morgan fingerprint density at radius 1 is 1.13 bits per heavy atom. The number of benzene rings is 1. The fourth-order valence-corrected chi connectivity index (χ4v) is 5.38. The van der Waals surface area contributed by atoms with E-state index in [1.54, 1.807) is 18.2 Å². The van der Waals surface area contributed by atoms with Crippen LogP contribution in [0, 0.1) is 5.82 Å². The van der Waals surface area contributed by atoms with Crippen molar-refractivity contribution in [3.8, 4) is 11.3 Å². The van der Waals surface area contributed by atoms with Crippen LogP contribution < -0.4 is 0 Å². The molecule has 1 aromatic heterocycles. The maximum Gasteiger partial charge on any atom is 0.223 e. The molecular weight excluding hydrogens is 409 g/mol. The number of halogens is 1. The summed E-state index contributed by atoms with van der Waals surface area (Å²) in [5.74, 6) is 0.936. The van der Waals surface area contributed by atoms with Gasteiger partial charge in [-0.3, -0.25) is 9.69 Å². The molecule has 2 aromatic rings. The highest BCUT2D eigenvalue weighted by atomic mass is 32.2. The van der Waals surface area contributed by atoms with Crippen LogP contribution in [0.1, 0.15) is 25.2 Å². The topological polar surface area (TPSA) is 83.7 Å². The third-order valence-corrected chi connectivity index (χ3v) is 7.57. The van der Waals surface area contributed by atoms with Gasteiger partial charge in [-0.2, -0.15) is 0 Å². The molecule has 0 unspecified atom stereocenters. The molecule has 2 aliphatic rings. The second kappa shape index (κ2) is 8.85. The fourth-order valence-electron chi connectivity index (χ4n) is 4.16. The lowest BCUT2D eigenvalue weighted by atomic mass is 10.0. The standard InChI is InChI=1S/C21H26FN3O4S/c22-18-4-2-1-3-17(18)19-15-23-20(29-19)5-6-21(26)25-9-7-16(8-10-25)24-11-13-30(27,28)14-12-24/h1-4,15-16H,5-14H2. The molecular formula is C21H26FN3O4S. The first-order valence-electron chi connectivity index (χ1n) is 10.3. The number of piperidine rings is 1. The van der Waals surface area contributed by atoms with Gasteiger partial charge in [-0.1, -0.05) is 12.1 Å². The van der Waals surface area contributed by atoms with Crippen molar-refractivity contribution in [3.05, 3.63) is 42.2 Å². The van der Waals surface area contributed by atoms with Gasteiger partial charge in [-0.15, -0.1) is 0 Å². The summed E-state index contributed by atoms with van der Waals surface area (Å²) in [4.78, 5) is 20.9. The third-order valence-electron chi connectivity index (χ3n) is 5.96. The van der Waals surface area contributed by atoms with E-state index in [0.29, 0.717) is 62.3 Å². The highest BCUT2D eigenvalue weighted by Crippen LogP contribution is 2.24. The molecule has 1 aromatic carbocycles. The number of amides is 1. The number of oxazole rings is 1. The van der Waals surface area contributed by atoms with E-state index in [1.807, 2.05) is 4.90 Å². The van der Waals surface area contributed by atoms with Gasteiger partial charge >= 0.3 is 0 Å². The Morgan fingerprint density at radius 3 is 2.53 bits per heavy atom. The lowest BCUT2D eigenvalue weighted by Crippen LogP contribution is -2.51. The molecule has 9 heteroatoms. The van der Waals surface area contributed by atoms with E-state index in [1.165, 1.54) is 12.3 Å². The van der Waals surface area contributed by atoms with E-state index in [9.17, 15) is 17.6 Å². The van der Waals surface area contributed by atoms with E-state index in [2.05, 4.69) is 9.88 Å². The van der Waals surface area contributed by atoms with Crippen LogP contribution in [0.25, 0.3) is 11.3 Å². The van der Waals surface area contributed by atoms with Crippen LogP contribution in [0.2, 0.25) is 0 Å². The van der Waals surface area contributed by atoms with Gasteiger partial charge in [-0.25, -0.2) is 17.8 Å². The van der Waals surface area contributed by atoms with Gasteiger partial charge in [0.15, 0.2) is 21.5 Å². The van der Waals surface area contributed by atoms with E-state index >= 15 is 0 Å². The molecule has 2 fully saturated rings. The first kappa shape index (κ1) is 21.0. The van der Waals surface area contributed by atoms with Crippen molar-refractivity contribution in [1.29, 1.82) is 0 Å². The molecule has 0 radical (unpaired) electrons. The zero-order chi connectivity index (χ0) is 21.1. The first-order valence-corrected chi connectivity index (χ1v) is 12.2. The number of carbonyl (C=O) groups excluding carboxylic acids is 1. The number of rotatable bonds is 5. The number of carbonyl (C=O) groups is 1. The minimum Gasteiger partial charge on any atom is -0.441 e. The van der Waals surface area contributed by atoms with Crippen molar-refractivity contribution in [2.75, 3.05) is 37.7 Å². The van der Waals surface area contributed by atoms with Crippen LogP contribution in [0.15, 0.2) is 34.9 Å². The van der Waals surface area contributed by atoms with Gasteiger partial charge in [0.1, 0.15) is 5.82 Å². The summed E-state index contributed by atoms with van der Waals surface area (Å²) < 4.78 is 42.7. The fraction of sp³-hybridized carbons (Fsp3) is 0.524. The smallest absolute Gasteiger partial charge is 0.223 e. The van der Waals surface area contributed by atoms with Crippen LogP contribution >= 0.6 is 0 Å². The minimum atomic E-state index is -2.87. The quantitative estimate of drug-likeness (QED) is 0.716. The van der Waals surface area contributed by atoms with Gasteiger partial charge in [0.2, 0.25) is 5.91 Å². The summed E-state index contributed by atoms with van der Waals surface area (Å²) >= 11 is 0. The Balaban J connectivity index is 1.24. The molecule has 4 rings (SSSR count). The minimum absolute atomic E-state index is 0.0558. The van der Waals surface area contributed by atoms with Crippen molar-refractivity contribution in [3.63, 3.8) is 0 Å². The number of nitrogens with zero attached hydrogens (tertiary/aromatic N) is 3. The lowest BCUT2D eigenvalue weighted by molar-refractivity contribution is -0.132. The zero-order valence-electron chi connectivity index (χ0n) is 16.8. The molecule has 0 atom stereocenters. The molecule has 0 aliphatic carbocycles. The molecule has 3 heterocycles. The molecule has 0 spiro atoms. The van der Waals surface area contributed by atoms with Crippen molar-refractivity contribution in [2.45, 2.75) is 31.7 Å². The van der Waals surface area contributed by atoms with E-state index in [4.69, 9.17) is 4.42 Å². The average molecular weight is 436 g/mol. The van der Waals surface area contributed by atoms with E-state index in [0.717, 1.165) is 12.8 Å². The maximum atomic E-state index is 13.9. The Bertz CT molecular complexity index is 985. The van der Waals surface area contributed by atoms with Crippen molar-refractivity contribution in [2.24, 2.45) is 0 Å². The molecule has 2 aliphatic heterocycles. The van der Waals surface area contributed by atoms with Crippen molar-refractivity contribution >= 4 is 15.7 Å². The number of aromatic nitrogens is 1. The van der Waals surface area contributed by atoms with Gasteiger partial charge in [0.05, 0.1) is 23.3 Å². The summed E-state index contributed by atoms with van der Waals surface area (Å²) in [6, 6.07) is 6.70. The average Bonchev–Trinajstić information content (AvgIpc) is 3.21. The van der Waals surface area contributed by atoms with Crippen LogP contribution in [0.5, 0.6) is 0 Å². The third kappa shape index (κ3) is 4.89. The predicted molar refractivity (Wildman–Crippen MR) is 110 cm³/mol. The maximum absolute atomic E-state index is 13.9. The van der Waals surface area contributed by atoms with Crippen LogP contribution in [0.4, 0.5) is 4.39 Å². The Kier molecular flexibility index (Phi) is 6.19. The first-order chi connectivity index (χ1) is 14.4. The zero-order valence-corrected chi connectivity index (χ0v) is 17.6. The summed E-state index contributed by atoms with van der Waals surface area (Å²) in [5, 5.41) is 0. The van der Waals surface area contributed by atoms with E-state index < -0.39 is 9.84 Å². The lowest BCUT2D eigenvalue weighted by Gasteiger charge is -2.40. The molecule has 2 saturated heterocycles. The second-order valence-electron chi connectivity index (χ2n) is 7.90. The molecule has 30 heavy (non-hydrogen) atoms. The number of hydrogen-bond acceptors (Lipinski definition) is 6. The van der Waals surface area contributed by atoms with Crippen LogP contribution in [-0.4, -0.2) is 72.8 Å². The molecule has 1 amide bonds. The predicted octanol–water partition coefficient (Wildman–Crippen LogP) is 2.13. The molecule has 162 valence electrons. The normalized spacial score (nSPS) is 20.4. The summed E-state index contributed by atoms with van der Waals surface area (Å²) in [6.45, 7) is 2.54. The number of hydrogen-bond donors (Lipinski definition) is 0. The number of sulfone groups is 1. The Hall–Kier alpha value is -2.26. The monoisotopic (exact) mass is 435 g/mol. The molecule has 0 N–H and O–H groups in total. The van der Waals surface area contributed by atoms with Crippen LogP contribution in [0.3, 0.4) is 0 Å². The van der Waals surface area contributed by atoms with Crippen molar-refractivity contribution in [1.82, 2.24) is 14.8 Å². The summed E-state index contributed by atoms with van der Waals surface area (Å²) in [5.41, 5.74) is 0.357. The highest BCUT2D eigenvalue weighted by molar-refractivity contribution is 7.91. The highest BCUT2D eigenvalue weighted by Gasteiger charge is 2.30. The summed E-state index contributed by atoms with van der Waals surface area (Å²) in [6.07, 6.45) is 3.88. The van der Waals surface area contributed by atoms with E-state index in [-0.39, 0.29) is 23.2 Å². The van der Waals surface area contributed by atoms with Gasteiger partial charge in [0, 0.05) is 45.1 Å².